The third-order valence-corrected chi connectivity index (χ3v) is 3.52. The molecule has 5 heteroatoms. The second-order valence-corrected chi connectivity index (χ2v) is 5.28. The van der Waals surface area contributed by atoms with Crippen LogP contribution in [0, 0.1) is 6.92 Å². The molecule has 24 heavy (non-hydrogen) atoms. The molecule has 0 unspecified atom stereocenters. The van der Waals surface area contributed by atoms with E-state index in [2.05, 4.69) is 10.6 Å². The van der Waals surface area contributed by atoms with Crippen LogP contribution in [0.15, 0.2) is 71.3 Å². The molecule has 2 amide bonds. The van der Waals surface area contributed by atoms with Crippen molar-refractivity contribution in [1.82, 2.24) is 0 Å². The summed E-state index contributed by atoms with van der Waals surface area (Å²) in [5.41, 5.74) is 2.68. The number of rotatable bonds is 4. The average molecular weight is 320 g/mol. The molecule has 0 aliphatic heterocycles. The zero-order valence-electron chi connectivity index (χ0n) is 13.1. The van der Waals surface area contributed by atoms with Gasteiger partial charge in [-0.05, 0) is 48.9 Å². The van der Waals surface area contributed by atoms with Crippen LogP contribution >= 0.6 is 0 Å². The highest BCUT2D eigenvalue weighted by Crippen LogP contribution is 2.21. The Morgan fingerprint density at radius 3 is 2.38 bits per heavy atom. The zero-order chi connectivity index (χ0) is 16.9. The van der Waals surface area contributed by atoms with Crippen LogP contribution in [0.5, 0.6) is 0 Å². The quantitative estimate of drug-likeness (QED) is 0.760. The van der Waals surface area contributed by atoms with E-state index in [0.29, 0.717) is 16.9 Å². The van der Waals surface area contributed by atoms with Crippen LogP contribution in [-0.2, 0) is 0 Å². The predicted molar refractivity (Wildman–Crippen MR) is 92.2 cm³/mol. The number of anilines is 2. The topological polar surface area (TPSA) is 71.3 Å². The molecule has 0 radical (unpaired) electrons. The summed E-state index contributed by atoms with van der Waals surface area (Å²) in [6, 6.07) is 17.5. The van der Waals surface area contributed by atoms with Crippen molar-refractivity contribution in [2.24, 2.45) is 0 Å². The van der Waals surface area contributed by atoms with Crippen molar-refractivity contribution in [2.45, 2.75) is 6.92 Å². The highest BCUT2D eigenvalue weighted by atomic mass is 16.3. The van der Waals surface area contributed by atoms with Gasteiger partial charge in [-0.1, -0.05) is 24.3 Å². The molecule has 0 aliphatic rings. The summed E-state index contributed by atoms with van der Waals surface area (Å²) >= 11 is 0. The molecule has 0 spiro atoms. The van der Waals surface area contributed by atoms with Crippen LogP contribution in [0.4, 0.5) is 11.4 Å². The number of hydrogen-bond acceptors (Lipinski definition) is 3. The summed E-state index contributed by atoms with van der Waals surface area (Å²) in [7, 11) is 0. The molecule has 120 valence electrons. The van der Waals surface area contributed by atoms with E-state index in [4.69, 9.17) is 4.42 Å². The third-order valence-electron chi connectivity index (χ3n) is 3.52. The number of carbonyl (C=O) groups is 2. The summed E-state index contributed by atoms with van der Waals surface area (Å²) in [5.74, 6) is -0.317. The smallest absolute Gasteiger partial charge is 0.291 e. The Hall–Kier alpha value is -3.34. The fourth-order valence-corrected chi connectivity index (χ4v) is 2.22. The van der Waals surface area contributed by atoms with E-state index in [9.17, 15) is 9.59 Å². The van der Waals surface area contributed by atoms with Gasteiger partial charge in [-0.15, -0.1) is 0 Å². The summed E-state index contributed by atoms with van der Waals surface area (Å²) < 4.78 is 5.06. The molecule has 0 atom stereocenters. The predicted octanol–water partition coefficient (Wildman–Crippen LogP) is 4.09. The van der Waals surface area contributed by atoms with Gasteiger partial charge in [0.15, 0.2) is 5.76 Å². The lowest BCUT2D eigenvalue weighted by molar-refractivity contribution is 0.0995. The monoisotopic (exact) mass is 320 g/mol. The molecule has 2 aromatic carbocycles. The fraction of sp³-hybridized carbons (Fsp3) is 0.0526. The van der Waals surface area contributed by atoms with Crippen molar-refractivity contribution in [3.8, 4) is 0 Å². The van der Waals surface area contributed by atoms with E-state index in [1.807, 2.05) is 31.2 Å². The molecule has 0 bridgehead atoms. The minimum absolute atomic E-state index is 0.201. The molecule has 0 saturated heterocycles. The van der Waals surface area contributed by atoms with Gasteiger partial charge >= 0.3 is 0 Å². The normalized spacial score (nSPS) is 10.2. The van der Waals surface area contributed by atoms with Crippen LogP contribution in [-0.4, -0.2) is 11.8 Å². The maximum atomic E-state index is 12.3. The van der Waals surface area contributed by atoms with Crippen LogP contribution in [0.2, 0.25) is 0 Å². The summed E-state index contributed by atoms with van der Waals surface area (Å²) in [6.45, 7) is 1.89. The van der Waals surface area contributed by atoms with E-state index in [0.717, 1.165) is 5.56 Å². The molecule has 1 heterocycles. The van der Waals surface area contributed by atoms with Crippen LogP contribution in [0.25, 0.3) is 0 Å². The van der Waals surface area contributed by atoms with Crippen molar-refractivity contribution >= 4 is 23.2 Å². The van der Waals surface area contributed by atoms with Gasteiger partial charge in [-0.3, -0.25) is 9.59 Å². The average Bonchev–Trinajstić information content (AvgIpc) is 3.13. The van der Waals surface area contributed by atoms with Crippen molar-refractivity contribution in [1.29, 1.82) is 0 Å². The van der Waals surface area contributed by atoms with Crippen LogP contribution < -0.4 is 10.6 Å². The van der Waals surface area contributed by atoms with Gasteiger partial charge in [0.25, 0.3) is 11.8 Å². The molecular formula is C19H16N2O3. The number of hydrogen-bond donors (Lipinski definition) is 2. The van der Waals surface area contributed by atoms with Gasteiger partial charge in [0.2, 0.25) is 0 Å². The first-order valence-electron chi connectivity index (χ1n) is 7.45. The molecule has 3 aromatic rings. The van der Waals surface area contributed by atoms with E-state index < -0.39 is 0 Å². The number of amides is 2. The van der Waals surface area contributed by atoms with Crippen LogP contribution in [0.1, 0.15) is 26.5 Å². The second-order valence-electron chi connectivity index (χ2n) is 5.28. The summed E-state index contributed by atoms with van der Waals surface area (Å²) in [4.78, 5) is 24.3. The first kappa shape index (κ1) is 15.6. The lowest BCUT2D eigenvalue weighted by atomic mass is 10.1. The largest absolute Gasteiger partial charge is 0.459 e. The van der Waals surface area contributed by atoms with E-state index >= 15 is 0 Å². The van der Waals surface area contributed by atoms with Crippen molar-refractivity contribution in [3.05, 3.63) is 83.8 Å². The Bertz CT molecular complexity index is 856. The first-order chi connectivity index (χ1) is 11.6. The van der Waals surface area contributed by atoms with Gasteiger partial charge in [-0.2, -0.15) is 0 Å². The maximum Gasteiger partial charge on any atom is 0.291 e. The van der Waals surface area contributed by atoms with E-state index in [1.165, 1.54) is 6.26 Å². The molecule has 0 saturated carbocycles. The highest BCUT2D eigenvalue weighted by molar-refractivity contribution is 6.06. The Kier molecular flexibility index (Phi) is 4.43. The maximum absolute atomic E-state index is 12.3. The molecule has 0 fully saturated rings. The standard InChI is InChI=1S/C19H16N2O3/c1-13-9-10-15(20-19(23)17-8-5-11-24-17)12-16(13)21-18(22)14-6-3-2-4-7-14/h2-12H,1H3,(H,20,23)(H,21,22). The molecular weight excluding hydrogens is 304 g/mol. The second kappa shape index (κ2) is 6.83. The summed E-state index contributed by atoms with van der Waals surface area (Å²) in [5, 5.41) is 5.60. The Morgan fingerprint density at radius 2 is 1.67 bits per heavy atom. The van der Waals surface area contributed by atoms with Gasteiger partial charge in [-0.25, -0.2) is 0 Å². The van der Waals surface area contributed by atoms with E-state index in [-0.39, 0.29) is 17.6 Å². The molecule has 1 aromatic heterocycles. The van der Waals surface area contributed by atoms with Crippen molar-refractivity contribution in [3.63, 3.8) is 0 Å². The SMILES string of the molecule is Cc1ccc(NC(=O)c2ccco2)cc1NC(=O)c1ccccc1. The fourth-order valence-electron chi connectivity index (χ4n) is 2.22. The minimum atomic E-state index is -0.343. The lowest BCUT2D eigenvalue weighted by Crippen LogP contribution is -2.14. The number of furan rings is 1. The molecule has 2 N–H and O–H groups in total. The first-order valence-corrected chi connectivity index (χ1v) is 7.45. The van der Waals surface area contributed by atoms with Crippen molar-refractivity contribution < 1.29 is 14.0 Å². The molecule has 3 rings (SSSR count). The molecule has 5 nitrogen and oxygen atoms in total. The van der Waals surface area contributed by atoms with Crippen molar-refractivity contribution in [2.75, 3.05) is 10.6 Å². The number of nitrogens with one attached hydrogen (secondary N) is 2. The van der Waals surface area contributed by atoms with Crippen LogP contribution in [0.3, 0.4) is 0 Å². The number of carbonyl (C=O) groups excluding carboxylic acids is 2. The van der Waals surface area contributed by atoms with Gasteiger partial charge in [0, 0.05) is 16.9 Å². The Morgan fingerprint density at radius 1 is 0.875 bits per heavy atom. The van der Waals surface area contributed by atoms with Gasteiger partial charge < -0.3 is 15.1 Å². The van der Waals surface area contributed by atoms with E-state index in [1.54, 1.807) is 36.4 Å². The van der Waals surface area contributed by atoms with Gasteiger partial charge in [0.1, 0.15) is 0 Å². The molecule has 0 aliphatic carbocycles. The zero-order valence-corrected chi connectivity index (χ0v) is 13.1. The Labute approximate surface area is 139 Å². The summed E-state index contributed by atoms with van der Waals surface area (Å²) in [6.07, 6.45) is 1.44. The Balaban J connectivity index is 1.77. The van der Waals surface area contributed by atoms with Gasteiger partial charge in [0.05, 0.1) is 6.26 Å². The highest BCUT2D eigenvalue weighted by Gasteiger charge is 2.11. The lowest BCUT2D eigenvalue weighted by Gasteiger charge is -2.11. The number of benzene rings is 2. The third kappa shape index (κ3) is 3.52. The number of aryl methyl sites for hydroxylation is 1. The minimum Gasteiger partial charge on any atom is -0.459 e.